The first-order valence-corrected chi connectivity index (χ1v) is 7.99. The second-order valence-corrected chi connectivity index (χ2v) is 6.98. The largest absolute Gasteiger partial charge is 0.367 e. The summed E-state index contributed by atoms with van der Waals surface area (Å²) in [6.45, 7) is 8.82. The van der Waals surface area contributed by atoms with Crippen LogP contribution < -0.4 is 4.99 Å². The fraction of sp³-hybridized carbons (Fsp3) is 0.611. The predicted molar refractivity (Wildman–Crippen MR) is 86.8 cm³/mol. The van der Waals surface area contributed by atoms with Gasteiger partial charge in [0.25, 0.3) is 0 Å². The van der Waals surface area contributed by atoms with Crippen molar-refractivity contribution >= 4 is 6.21 Å². The maximum absolute atomic E-state index is 3.45. The van der Waals surface area contributed by atoms with Gasteiger partial charge in [-0.15, -0.1) is 0 Å². The van der Waals surface area contributed by atoms with Crippen LogP contribution in [-0.4, -0.2) is 55.3 Å². The first-order chi connectivity index (χ1) is 10.1. The van der Waals surface area contributed by atoms with Gasteiger partial charge in [0.15, 0.2) is 12.8 Å². The topological polar surface area (TPSA) is 20.5 Å². The van der Waals surface area contributed by atoms with Crippen LogP contribution in [0.3, 0.4) is 0 Å². The van der Waals surface area contributed by atoms with Gasteiger partial charge in [-0.25, -0.2) is 4.99 Å². The van der Waals surface area contributed by atoms with Crippen molar-refractivity contribution in [2.45, 2.75) is 32.7 Å². The lowest BCUT2D eigenvalue weighted by Gasteiger charge is -2.39. The SMILES string of the molecule is CN1CCC(N2CC=[NH+]CC2)C2=C1C#CCC(C)(C)/C=C\2. The minimum absolute atomic E-state index is 0.168. The van der Waals surface area contributed by atoms with Crippen molar-refractivity contribution < 1.29 is 4.99 Å². The molecule has 0 amide bonds. The Balaban J connectivity index is 1.98. The van der Waals surface area contributed by atoms with Crippen molar-refractivity contribution in [2.24, 2.45) is 5.41 Å². The molecule has 0 aromatic carbocycles. The highest BCUT2D eigenvalue weighted by atomic mass is 15.2. The van der Waals surface area contributed by atoms with Crippen LogP contribution in [0.1, 0.15) is 26.7 Å². The van der Waals surface area contributed by atoms with E-state index in [1.165, 1.54) is 17.7 Å². The lowest BCUT2D eigenvalue weighted by Crippen LogP contribution is -2.76. The molecule has 0 fully saturated rings. The van der Waals surface area contributed by atoms with Crippen molar-refractivity contribution in [3.8, 4) is 11.8 Å². The summed E-state index contributed by atoms with van der Waals surface area (Å²) < 4.78 is 0. The van der Waals surface area contributed by atoms with Gasteiger partial charge in [0.2, 0.25) is 0 Å². The second kappa shape index (κ2) is 5.69. The van der Waals surface area contributed by atoms with Gasteiger partial charge < -0.3 is 4.90 Å². The third kappa shape index (κ3) is 3.06. The molecule has 0 radical (unpaired) electrons. The Hall–Kier alpha value is -1.53. The summed E-state index contributed by atoms with van der Waals surface area (Å²) in [7, 11) is 2.17. The summed E-state index contributed by atoms with van der Waals surface area (Å²) in [5.41, 5.74) is 2.82. The molecule has 2 heterocycles. The molecule has 21 heavy (non-hydrogen) atoms. The van der Waals surface area contributed by atoms with Crippen LogP contribution in [0.5, 0.6) is 0 Å². The van der Waals surface area contributed by atoms with E-state index in [9.17, 15) is 0 Å². The van der Waals surface area contributed by atoms with E-state index in [4.69, 9.17) is 0 Å². The Morgan fingerprint density at radius 3 is 2.95 bits per heavy atom. The van der Waals surface area contributed by atoms with E-state index < -0.39 is 0 Å². The molecule has 3 rings (SSSR count). The average molecular weight is 284 g/mol. The van der Waals surface area contributed by atoms with Crippen LogP contribution >= 0.6 is 0 Å². The van der Waals surface area contributed by atoms with E-state index in [-0.39, 0.29) is 5.41 Å². The van der Waals surface area contributed by atoms with Gasteiger partial charge in [-0.2, -0.15) is 0 Å². The molecule has 0 saturated carbocycles. The molecular weight excluding hydrogens is 258 g/mol. The molecule has 3 aliphatic rings. The van der Waals surface area contributed by atoms with Crippen molar-refractivity contribution in [2.75, 3.05) is 33.2 Å². The van der Waals surface area contributed by atoms with Crippen LogP contribution in [0, 0.1) is 17.3 Å². The average Bonchev–Trinajstić information content (AvgIpc) is 2.46. The molecule has 0 bridgehead atoms. The maximum Gasteiger partial charge on any atom is 0.153 e. The predicted octanol–water partition coefficient (Wildman–Crippen LogP) is 0.401. The molecule has 2 aliphatic heterocycles. The first-order valence-electron chi connectivity index (χ1n) is 7.99. The minimum Gasteiger partial charge on any atom is -0.367 e. The third-order valence-corrected chi connectivity index (χ3v) is 4.67. The molecule has 0 saturated heterocycles. The monoisotopic (exact) mass is 284 g/mol. The summed E-state index contributed by atoms with van der Waals surface area (Å²) in [5.74, 6) is 6.84. The van der Waals surface area contributed by atoms with E-state index in [0.29, 0.717) is 6.04 Å². The molecule has 1 aliphatic carbocycles. The highest BCUT2D eigenvalue weighted by Gasteiger charge is 2.31. The normalized spacial score (nSPS) is 30.0. The van der Waals surface area contributed by atoms with Crippen LogP contribution in [0.4, 0.5) is 0 Å². The van der Waals surface area contributed by atoms with E-state index in [2.05, 4.69) is 65.9 Å². The summed E-state index contributed by atoms with van der Waals surface area (Å²) in [6.07, 6.45) is 9.01. The van der Waals surface area contributed by atoms with Crippen molar-refractivity contribution in [1.82, 2.24) is 9.80 Å². The summed E-state index contributed by atoms with van der Waals surface area (Å²) in [4.78, 5) is 8.24. The molecule has 0 spiro atoms. The minimum atomic E-state index is 0.168. The molecule has 0 aromatic rings. The van der Waals surface area contributed by atoms with Crippen LogP contribution in [0.25, 0.3) is 0 Å². The van der Waals surface area contributed by atoms with Gasteiger partial charge >= 0.3 is 0 Å². The Labute approximate surface area is 128 Å². The number of nitrogens with zero attached hydrogens (tertiary/aromatic N) is 2. The maximum atomic E-state index is 3.45. The lowest BCUT2D eigenvalue weighted by atomic mass is 9.85. The highest BCUT2D eigenvalue weighted by molar-refractivity contribution is 5.54. The quantitative estimate of drug-likeness (QED) is 0.704. The Morgan fingerprint density at radius 1 is 1.33 bits per heavy atom. The molecular formula is C18H26N3+. The summed E-state index contributed by atoms with van der Waals surface area (Å²) in [5, 5.41) is 0. The zero-order valence-electron chi connectivity index (χ0n) is 13.4. The van der Waals surface area contributed by atoms with Gasteiger partial charge in [0, 0.05) is 31.6 Å². The van der Waals surface area contributed by atoms with Crippen molar-refractivity contribution in [1.29, 1.82) is 0 Å². The standard InChI is InChI=1S/C18H25N3/c1-18(2)8-4-5-16-15(6-9-18)17(7-12-20(16)3)21-13-10-19-11-14-21/h6,9-10,17H,7-8,11-14H2,1-3H3/p+1/b9-6-. The molecule has 3 heteroatoms. The van der Waals surface area contributed by atoms with Gasteiger partial charge in [-0.1, -0.05) is 31.9 Å². The molecule has 1 unspecified atom stereocenters. The smallest absolute Gasteiger partial charge is 0.153 e. The highest BCUT2D eigenvalue weighted by Crippen LogP contribution is 2.31. The lowest BCUT2D eigenvalue weighted by molar-refractivity contribution is -0.460. The number of hydrogen-bond acceptors (Lipinski definition) is 2. The Morgan fingerprint density at radius 2 is 2.19 bits per heavy atom. The molecule has 1 N–H and O–H groups in total. The zero-order valence-corrected chi connectivity index (χ0v) is 13.4. The number of rotatable bonds is 1. The van der Waals surface area contributed by atoms with Gasteiger partial charge in [-0.3, -0.25) is 4.90 Å². The third-order valence-electron chi connectivity index (χ3n) is 4.67. The zero-order chi connectivity index (χ0) is 14.9. The van der Waals surface area contributed by atoms with Crippen LogP contribution in [0.15, 0.2) is 23.4 Å². The number of hydrogen-bond donors (Lipinski definition) is 1. The first kappa shape index (κ1) is 14.4. The Bertz CT molecular complexity index is 557. The fourth-order valence-electron chi connectivity index (χ4n) is 3.29. The van der Waals surface area contributed by atoms with Gasteiger partial charge in [0.1, 0.15) is 0 Å². The molecule has 0 aromatic heterocycles. The van der Waals surface area contributed by atoms with Crippen molar-refractivity contribution in [3.63, 3.8) is 0 Å². The fourth-order valence-corrected chi connectivity index (χ4v) is 3.29. The van der Waals surface area contributed by atoms with Crippen LogP contribution in [-0.2, 0) is 0 Å². The summed E-state index contributed by atoms with van der Waals surface area (Å²) in [6, 6.07) is 0.508. The van der Waals surface area contributed by atoms with Gasteiger partial charge in [-0.05, 0) is 17.8 Å². The number of allylic oxidation sites excluding steroid dienone is 2. The van der Waals surface area contributed by atoms with E-state index in [1.54, 1.807) is 0 Å². The second-order valence-electron chi connectivity index (χ2n) is 6.98. The van der Waals surface area contributed by atoms with E-state index >= 15 is 0 Å². The number of nitrogens with one attached hydrogen (secondary N) is 1. The molecule has 112 valence electrons. The van der Waals surface area contributed by atoms with Crippen LogP contribution in [0.2, 0.25) is 0 Å². The summed E-state index contributed by atoms with van der Waals surface area (Å²) >= 11 is 0. The van der Waals surface area contributed by atoms with E-state index in [1.807, 2.05) is 0 Å². The Kier molecular flexibility index (Phi) is 3.91. The van der Waals surface area contributed by atoms with Gasteiger partial charge in [0.05, 0.1) is 18.8 Å². The van der Waals surface area contributed by atoms with Crippen molar-refractivity contribution in [3.05, 3.63) is 23.4 Å². The van der Waals surface area contributed by atoms with E-state index in [0.717, 1.165) is 32.6 Å². The molecule has 1 atom stereocenters. The molecule has 3 nitrogen and oxygen atoms in total.